The third-order valence-corrected chi connectivity index (χ3v) is 8.67. The smallest absolute Gasteiger partial charge is 0.252 e. The van der Waals surface area contributed by atoms with Crippen molar-refractivity contribution in [2.45, 2.75) is 68.2 Å². The third kappa shape index (κ3) is 4.16. The lowest BCUT2D eigenvalue weighted by molar-refractivity contribution is 0.225. The first-order valence-corrected chi connectivity index (χ1v) is 11.2. The van der Waals surface area contributed by atoms with E-state index in [2.05, 4.69) is 12.2 Å². The first-order chi connectivity index (χ1) is 11.1. The Hall–Kier alpha value is -0.430. The maximum atomic E-state index is 12.5. The summed E-state index contributed by atoms with van der Waals surface area (Å²) in [5.41, 5.74) is 0. The molecule has 0 bridgehead atoms. The van der Waals surface area contributed by atoms with E-state index in [4.69, 9.17) is 0 Å². The lowest BCUT2D eigenvalue weighted by Gasteiger charge is -2.36. The van der Waals surface area contributed by atoms with Gasteiger partial charge in [0.1, 0.15) is 4.21 Å². The predicted octanol–water partition coefficient (Wildman–Crippen LogP) is 3.46. The number of sulfonamides is 1. The van der Waals surface area contributed by atoms with Crippen molar-refractivity contribution in [3.63, 3.8) is 0 Å². The summed E-state index contributed by atoms with van der Waals surface area (Å²) in [5.74, 6) is 0.802. The van der Waals surface area contributed by atoms with Crippen LogP contribution in [0.5, 0.6) is 0 Å². The van der Waals surface area contributed by atoms with Crippen LogP contribution in [-0.4, -0.2) is 37.9 Å². The number of hydrogen-bond acceptors (Lipinski definition) is 4. The molecule has 0 unspecified atom stereocenters. The van der Waals surface area contributed by atoms with Crippen LogP contribution in [0.1, 0.15) is 51.9 Å². The summed E-state index contributed by atoms with van der Waals surface area (Å²) in [4.78, 5) is 0. The van der Waals surface area contributed by atoms with Gasteiger partial charge in [-0.2, -0.15) is 4.31 Å². The van der Waals surface area contributed by atoms with Crippen LogP contribution in [-0.2, 0) is 10.0 Å². The van der Waals surface area contributed by atoms with E-state index in [-0.39, 0.29) is 0 Å². The number of hydrogen-bond donors (Lipinski definition) is 1. The van der Waals surface area contributed by atoms with E-state index in [9.17, 15) is 8.42 Å². The van der Waals surface area contributed by atoms with Gasteiger partial charge in [0, 0.05) is 25.2 Å². The first-order valence-electron chi connectivity index (χ1n) is 8.87. The molecule has 1 aliphatic carbocycles. The van der Waals surface area contributed by atoms with Crippen LogP contribution in [0.2, 0.25) is 0 Å². The SMILES string of the molecule is C[C@@H](NC1CCN(S(=O)(=O)c2cccs2)CC1)C1CCCCC1. The molecule has 2 heterocycles. The monoisotopic (exact) mass is 356 g/mol. The summed E-state index contributed by atoms with van der Waals surface area (Å²) < 4.78 is 27.2. The average molecular weight is 357 g/mol. The average Bonchev–Trinajstić information content (AvgIpc) is 3.11. The zero-order valence-electron chi connectivity index (χ0n) is 13.9. The fourth-order valence-electron chi connectivity index (χ4n) is 3.94. The van der Waals surface area contributed by atoms with Crippen LogP contribution in [0.3, 0.4) is 0 Å². The molecule has 1 aromatic heterocycles. The Morgan fingerprint density at radius 2 is 1.87 bits per heavy atom. The zero-order chi connectivity index (χ0) is 16.3. The summed E-state index contributed by atoms with van der Waals surface area (Å²) >= 11 is 1.31. The van der Waals surface area contributed by atoms with Gasteiger partial charge in [-0.3, -0.25) is 0 Å². The number of thiophene rings is 1. The third-order valence-electron chi connectivity index (χ3n) is 5.40. The summed E-state index contributed by atoms with van der Waals surface area (Å²) in [5, 5.41) is 5.60. The Balaban J connectivity index is 1.50. The van der Waals surface area contributed by atoms with E-state index in [1.54, 1.807) is 16.4 Å². The quantitative estimate of drug-likeness (QED) is 0.879. The Labute approximate surface area is 144 Å². The van der Waals surface area contributed by atoms with Gasteiger partial charge in [-0.1, -0.05) is 25.3 Å². The van der Waals surface area contributed by atoms with Crippen molar-refractivity contribution in [2.24, 2.45) is 5.92 Å². The summed E-state index contributed by atoms with van der Waals surface area (Å²) in [6.45, 7) is 3.58. The van der Waals surface area contributed by atoms with E-state index in [0.717, 1.165) is 18.8 Å². The number of nitrogens with zero attached hydrogens (tertiary/aromatic N) is 1. The lowest BCUT2D eigenvalue weighted by atomic mass is 9.84. The molecule has 130 valence electrons. The minimum absolute atomic E-state index is 0.460. The highest BCUT2D eigenvalue weighted by Crippen LogP contribution is 2.28. The maximum Gasteiger partial charge on any atom is 0.252 e. The van der Waals surface area contributed by atoms with Gasteiger partial charge in [-0.05, 0) is 50.0 Å². The van der Waals surface area contributed by atoms with Gasteiger partial charge in [0.05, 0.1) is 0 Å². The number of rotatable bonds is 5. The van der Waals surface area contributed by atoms with Gasteiger partial charge in [0.25, 0.3) is 10.0 Å². The van der Waals surface area contributed by atoms with Crippen molar-refractivity contribution in [2.75, 3.05) is 13.1 Å². The topological polar surface area (TPSA) is 49.4 Å². The molecular formula is C17H28N2O2S2. The van der Waals surface area contributed by atoms with Gasteiger partial charge in [0.2, 0.25) is 0 Å². The Morgan fingerprint density at radius 1 is 1.17 bits per heavy atom. The molecule has 1 atom stereocenters. The fraction of sp³-hybridized carbons (Fsp3) is 0.765. The molecule has 0 spiro atoms. The molecule has 23 heavy (non-hydrogen) atoms. The predicted molar refractivity (Wildman–Crippen MR) is 95.3 cm³/mol. The minimum Gasteiger partial charge on any atom is -0.311 e. The van der Waals surface area contributed by atoms with E-state index in [1.165, 1.54) is 43.4 Å². The van der Waals surface area contributed by atoms with Gasteiger partial charge < -0.3 is 5.32 Å². The highest BCUT2D eigenvalue weighted by molar-refractivity contribution is 7.91. The first kappa shape index (κ1) is 17.4. The lowest BCUT2D eigenvalue weighted by Crippen LogP contribution is -2.48. The molecule has 2 fully saturated rings. The van der Waals surface area contributed by atoms with Gasteiger partial charge in [-0.25, -0.2) is 8.42 Å². The van der Waals surface area contributed by atoms with Crippen LogP contribution in [0.15, 0.2) is 21.7 Å². The van der Waals surface area contributed by atoms with Crippen molar-refractivity contribution in [3.8, 4) is 0 Å². The molecule has 1 aromatic rings. The van der Waals surface area contributed by atoms with Crippen LogP contribution in [0.25, 0.3) is 0 Å². The van der Waals surface area contributed by atoms with Crippen molar-refractivity contribution in [1.82, 2.24) is 9.62 Å². The van der Waals surface area contributed by atoms with Crippen LogP contribution in [0.4, 0.5) is 0 Å². The number of nitrogens with one attached hydrogen (secondary N) is 1. The molecule has 0 amide bonds. The fourth-order valence-corrected chi connectivity index (χ4v) is 6.56. The van der Waals surface area contributed by atoms with Crippen LogP contribution < -0.4 is 5.32 Å². The second-order valence-corrected chi connectivity index (χ2v) is 10.1. The summed E-state index contributed by atoms with van der Waals surface area (Å²) in [6, 6.07) is 4.52. The summed E-state index contributed by atoms with van der Waals surface area (Å²) in [7, 11) is -3.27. The van der Waals surface area contributed by atoms with E-state index in [0.29, 0.717) is 29.4 Å². The van der Waals surface area contributed by atoms with Gasteiger partial charge in [0.15, 0.2) is 0 Å². The second-order valence-electron chi connectivity index (χ2n) is 6.96. The van der Waals surface area contributed by atoms with Crippen LogP contribution in [0, 0.1) is 5.92 Å². The minimum atomic E-state index is -3.27. The van der Waals surface area contributed by atoms with E-state index >= 15 is 0 Å². The molecule has 1 saturated carbocycles. The normalized spacial score (nSPS) is 23.9. The largest absolute Gasteiger partial charge is 0.311 e. The molecule has 1 N–H and O–H groups in total. The molecule has 2 aliphatic rings. The van der Waals surface area contributed by atoms with Crippen molar-refractivity contribution >= 4 is 21.4 Å². The van der Waals surface area contributed by atoms with E-state index in [1.807, 2.05) is 5.38 Å². The Bertz CT molecular complexity index is 572. The highest BCUT2D eigenvalue weighted by atomic mass is 32.2. The number of piperidine rings is 1. The van der Waals surface area contributed by atoms with Crippen molar-refractivity contribution in [1.29, 1.82) is 0 Å². The van der Waals surface area contributed by atoms with Crippen LogP contribution >= 0.6 is 11.3 Å². The van der Waals surface area contributed by atoms with Crippen molar-refractivity contribution in [3.05, 3.63) is 17.5 Å². The maximum absolute atomic E-state index is 12.5. The van der Waals surface area contributed by atoms with Gasteiger partial charge in [-0.15, -0.1) is 11.3 Å². The second kappa shape index (κ2) is 7.64. The highest BCUT2D eigenvalue weighted by Gasteiger charge is 2.31. The standard InChI is InChI=1S/C17H28N2O2S2/c1-14(15-6-3-2-4-7-15)18-16-9-11-19(12-10-16)23(20,21)17-8-5-13-22-17/h5,8,13-16,18H,2-4,6-7,9-12H2,1H3/t14-/m1/s1. The molecule has 6 heteroatoms. The Morgan fingerprint density at radius 3 is 2.48 bits per heavy atom. The van der Waals surface area contributed by atoms with Crippen molar-refractivity contribution < 1.29 is 8.42 Å². The molecular weight excluding hydrogens is 328 g/mol. The summed E-state index contributed by atoms with van der Waals surface area (Å²) in [6.07, 6.45) is 8.66. The molecule has 1 saturated heterocycles. The molecule has 0 radical (unpaired) electrons. The molecule has 1 aliphatic heterocycles. The van der Waals surface area contributed by atoms with Gasteiger partial charge >= 0.3 is 0 Å². The molecule has 4 nitrogen and oxygen atoms in total. The van der Waals surface area contributed by atoms with E-state index < -0.39 is 10.0 Å². The zero-order valence-corrected chi connectivity index (χ0v) is 15.5. The molecule has 3 rings (SSSR count). The molecule has 0 aromatic carbocycles. The Kier molecular flexibility index (Phi) is 5.78.